The second-order valence-electron chi connectivity index (χ2n) is 8.61. The van der Waals surface area contributed by atoms with E-state index in [0.29, 0.717) is 0 Å². The maximum Gasteiger partial charge on any atom is 0.0456 e. The molecule has 26 heavy (non-hydrogen) atoms. The van der Waals surface area contributed by atoms with Crippen LogP contribution in [-0.4, -0.2) is 0 Å². The Bertz CT molecular complexity index is 611. The SMILES string of the molecule is CCCCCc1cc2sc(C(C)C3CCC(CCCCC)CC3)cc2s1. The van der Waals surface area contributed by atoms with Crippen molar-refractivity contribution in [2.45, 2.75) is 104 Å². The Labute approximate surface area is 169 Å². The molecule has 1 saturated carbocycles. The summed E-state index contributed by atoms with van der Waals surface area (Å²) in [5.41, 5.74) is 0. The zero-order valence-electron chi connectivity index (χ0n) is 17.2. The van der Waals surface area contributed by atoms with E-state index in [-0.39, 0.29) is 0 Å². The molecule has 0 aromatic carbocycles. The molecule has 146 valence electrons. The molecule has 0 nitrogen and oxygen atoms in total. The van der Waals surface area contributed by atoms with E-state index in [1.807, 2.05) is 0 Å². The summed E-state index contributed by atoms with van der Waals surface area (Å²) in [6.07, 6.45) is 17.0. The Morgan fingerprint density at radius 3 is 2.27 bits per heavy atom. The fourth-order valence-electron chi connectivity index (χ4n) is 4.69. The predicted octanol–water partition coefficient (Wildman–Crippen LogP) is 9.19. The van der Waals surface area contributed by atoms with E-state index >= 15 is 0 Å². The van der Waals surface area contributed by atoms with Crippen LogP contribution in [0.5, 0.6) is 0 Å². The van der Waals surface area contributed by atoms with Crippen molar-refractivity contribution in [3.05, 3.63) is 21.9 Å². The first-order valence-corrected chi connectivity index (χ1v) is 12.9. The van der Waals surface area contributed by atoms with Gasteiger partial charge in [0.1, 0.15) is 0 Å². The molecule has 0 saturated heterocycles. The zero-order chi connectivity index (χ0) is 18.4. The average molecular weight is 391 g/mol. The van der Waals surface area contributed by atoms with Crippen molar-refractivity contribution in [2.24, 2.45) is 11.8 Å². The highest BCUT2D eigenvalue weighted by Crippen LogP contribution is 2.44. The van der Waals surface area contributed by atoms with Crippen LogP contribution in [0.4, 0.5) is 0 Å². The summed E-state index contributed by atoms with van der Waals surface area (Å²) in [7, 11) is 0. The highest BCUT2D eigenvalue weighted by molar-refractivity contribution is 7.27. The number of thiophene rings is 2. The number of aryl methyl sites for hydroxylation is 1. The van der Waals surface area contributed by atoms with Crippen molar-refractivity contribution in [1.82, 2.24) is 0 Å². The molecule has 1 aliphatic carbocycles. The van der Waals surface area contributed by atoms with Crippen molar-refractivity contribution >= 4 is 32.1 Å². The minimum atomic E-state index is 0.764. The normalized spacial score (nSPS) is 22.1. The summed E-state index contributed by atoms with van der Waals surface area (Å²) in [5, 5.41) is 0. The summed E-state index contributed by atoms with van der Waals surface area (Å²) in [6.45, 7) is 7.11. The zero-order valence-corrected chi connectivity index (χ0v) is 18.8. The Morgan fingerprint density at radius 2 is 1.58 bits per heavy atom. The number of hydrogen-bond donors (Lipinski definition) is 0. The third-order valence-electron chi connectivity index (χ3n) is 6.57. The summed E-state index contributed by atoms with van der Waals surface area (Å²) in [4.78, 5) is 3.26. The molecule has 1 atom stereocenters. The molecule has 3 rings (SSSR count). The fraction of sp³-hybridized carbons (Fsp3) is 0.750. The molecule has 0 N–H and O–H groups in total. The topological polar surface area (TPSA) is 0 Å². The summed E-state index contributed by atoms with van der Waals surface area (Å²) in [5.74, 6) is 2.72. The molecule has 2 aromatic rings. The first kappa shape index (κ1) is 20.4. The van der Waals surface area contributed by atoms with Gasteiger partial charge in [-0.05, 0) is 55.6 Å². The summed E-state index contributed by atoms with van der Waals surface area (Å²) < 4.78 is 3.10. The molecule has 0 radical (unpaired) electrons. The van der Waals surface area contributed by atoms with Crippen molar-refractivity contribution < 1.29 is 0 Å². The third-order valence-corrected chi connectivity index (χ3v) is 9.12. The van der Waals surface area contributed by atoms with Gasteiger partial charge >= 0.3 is 0 Å². The van der Waals surface area contributed by atoms with Gasteiger partial charge < -0.3 is 0 Å². The molecule has 2 aromatic heterocycles. The third kappa shape index (κ3) is 5.35. The Kier molecular flexibility index (Phi) is 8.06. The van der Waals surface area contributed by atoms with E-state index in [0.717, 1.165) is 17.8 Å². The van der Waals surface area contributed by atoms with Crippen LogP contribution in [0.1, 0.15) is 107 Å². The molecule has 2 heteroatoms. The lowest BCUT2D eigenvalue weighted by Crippen LogP contribution is -2.18. The van der Waals surface area contributed by atoms with E-state index < -0.39 is 0 Å². The van der Waals surface area contributed by atoms with Gasteiger partial charge in [-0.15, -0.1) is 22.7 Å². The molecule has 1 unspecified atom stereocenters. The van der Waals surface area contributed by atoms with Crippen LogP contribution in [0, 0.1) is 11.8 Å². The number of unbranched alkanes of at least 4 members (excludes halogenated alkanes) is 4. The smallest absolute Gasteiger partial charge is 0.0456 e. The van der Waals surface area contributed by atoms with Crippen LogP contribution in [0.25, 0.3) is 9.40 Å². The average Bonchev–Trinajstić information content (AvgIpc) is 3.21. The van der Waals surface area contributed by atoms with Crippen molar-refractivity contribution in [2.75, 3.05) is 0 Å². The quantitative estimate of drug-likeness (QED) is 0.355. The minimum absolute atomic E-state index is 0.764. The van der Waals surface area contributed by atoms with E-state index in [4.69, 9.17) is 0 Å². The van der Waals surface area contributed by atoms with Crippen LogP contribution < -0.4 is 0 Å². The maximum atomic E-state index is 2.53. The van der Waals surface area contributed by atoms with Gasteiger partial charge in [-0.3, -0.25) is 0 Å². The largest absolute Gasteiger partial charge is 0.139 e. The second kappa shape index (κ2) is 10.3. The molecule has 1 aliphatic rings. The predicted molar refractivity (Wildman–Crippen MR) is 121 cm³/mol. The van der Waals surface area contributed by atoms with Gasteiger partial charge in [0, 0.05) is 19.2 Å². The van der Waals surface area contributed by atoms with Gasteiger partial charge in [0.25, 0.3) is 0 Å². The Morgan fingerprint density at radius 1 is 0.885 bits per heavy atom. The van der Waals surface area contributed by atoms with E-state index in [9.17, 15) is 0 Å². The Hall–Kier alpha value is -0.340. The first-order valence-electron chi connectivity index (χ1n) is 11.2. The molecule has 0 bridgehead atoms. The van der Waals surface area contributed by atoms with E-state index in [1.54, 1.807) is 19.2 Å². The molecule has 0 spiro atoms. The van der Waals surface area contributed by atoms with Crippen LogP contribution in [0.15, 0.2) is 12.1 Å². The molecular formula is C24H38S2. The van der Waals surface area contributed by atoms with Gasteiger partial charge in [-0.25, -0.2) is 0 Å². The van der Waals surface area contributed by atoms with Crippen molar-refractivity contribution in [1.29, 1.82) is 0 Å². The fourth-order valence-corrected chi connectivity index (χ4v) is 7.31. The lowest BCUT2D eigenvalue weighted by molar-refractivity contribution is 0.237. The van der Waals surface area contributed by atoms with Gasteiger partial charge in [0.2, 0.25) is 0 Å². The van der Waals surface area contributed by atoms with Gasteiger partial charge in [0.15, 0.2) is 0 Å². The van der Waals surface area contributed by atoms with Crippen LogP contribution in [-0.2, 0) is 6.42 Å². The van der Waals surface area contributed by atoms with E-state index in [2.05, 4.69) is 55.6 Å². The highest BCUT2D eigenvalue weighted by Gasteiger charge is 2.27. The second-order valence-corrected chi connectivity index (χ2v) is 10.9. The van der Waals surface area contributed by atoms with Crippen LogP contribution >= 0.6 is 22.7 Å². The molecule has 2 heterocycles. The van der Waals surface area contributed by atoms with Gasteiger partial charge in [0.05, 0.1) is 0 Å². The van der Waals surface area contributed by atoms with Crippen molar-refractivity contribution in [3.8, 4) is 0 Å². The Balaban J connectivity index is 1.51. The van der Waals surface area contributed by atoms with Crippen LogP contribution in [0.3, 0.4) is 0 Å². The monoisotopic (exact) mass is 390 g/mol. The standard InChI is InChI=1S/C24H38S2/c1-4-6-8-10-19-12-14-20(15-13-19)18(3)22-17-24-23(26-22)16-21(25-24)11-9-7-5-2/h16-20H,4-15H2,1-3H3. The molecule has 0 aliphatic heterocycles. The lowest BCUT2D eigenvalue weighted by atomic mass is 9.74. The molecular weight excluding hydrogens is 352 g/mol. The first-order chi connectivity index (χ1) is 12.7. The summed E-state index contributed by atoms with van der Waals surface area (Å²) in [6, 6.07) is 5.02. The molecule has 1 fully saturated rings. The molecule has 0 amide bonds. The number of hydrogen-bond acceptors (Lipinski definition) is 2. The maximum absolute atomic E-state index is 2.53. The highest BCUT2D eigenvalue weighted by atomic mass is 32.1. The van der Waals surface area contributed by atoms with Gasteiger partial charge in [-0.1, -0.05) is 72.1 Å². The van der Waals surface area contributed by atoms with Gasteiger partial charge in [-0.2, -0.15) is 0 Å². The van der Waals surface area contributed by atoms with Crippen LogP contribution in [0.2, 0.25) is 0 Å². The number of fused-ring (bicyclic) bond motifs is 1. The minimum Gasteiger partial charge on any atom is -0.139 e. The number of rotatable bonds is 10. The van der Waals surface area contributed by atoms with E-state index in [1.165, 1.54) is 77.0 Å². The van der Waals surface area contributed by atoms with Crippen molar-refractivity contribution in [3.63, 3.8) is 0 Å². The lowest BCUT2D eigenvalue weighted by Gasteiger charge is -2.32. The summed E-state index contributed by atoms with van der Waals surface area (Å²) >= 11 is 4.14.